The average molecular weight is 305 g/mol. The molecule has 0 aliphatic carbocycles. The van der Waals surface area contributed by atoms with Gasteiger partial charge in [0.05, 0.1) is 12.1 Å². The van der Waals surface area contributed by atoms with Crippen molar-refractivity contribution in [1.82, 2.24) is 10.2 Å². The van der Waals surface area contributed by atoms with E-state index in [4.69, 9.17) is 0 Å². The minimum absolute atomic E-state index is 0.151. The number of anilines is 1. The molecule has 2 rings (SSSR count). The zero-order valence-corrected chi connectivity index (χ0v) is 14.0. The van der Waals surface area contributed by atoms with Crippen molar-refractivity contribution in [2.45, 2.75) is 38.8 Å². The monoisotopic (exact) mass is 305 g/mol. The third-order valence-corrected chi connectivity index (χ3v) is 3.97. The van der Waals surface area contributed by atoms with E-state index < -0.39 is 5.60 Å². The summed E-state index contributed by atoms with van der Waals surface area (Å²) in [5.41, 5.74) is 1.76. The maximum absolute atomic E-state index is 12.1. The predicted octanol–water partition coefficient (Wildman–Crippen LogP) is 1.85. The lowest BCUT2D eigenvalue weighted by Gasteiger charge is -2.29. The normalized spacial score (nSPS) is 15.4. The molecule has 2 amide bonds. The molecule has 1 heterocycles. The van der Waals surface area contributed by atoms with Crippen molar-refractivity contribution in [3.05, 3.63) is 29.8 Å². The summed E-state index contributed by atoms with van der Waals surface area (Å²) in [6, 6.07) is 8.52. The van der Waals surface area contributed by atoms with Crippen LogP contribution in [0.5, 0.6) is 0 Å². The Morgan fingerprint density at radius 3 is 2.82 bits per heavy atom. The molecule has 1 atom stereocenters. The van der Waals surface area contributed by atoms with Gasteiger partial charge in [0.1, 0.15) is 0 Å². The molecule has 0 aromatic heterocycles. The molecule has 0 saturated carbocycles. The Hall–Kier alpha value is -1.75. The molecule has 22 heavy (non-hydrogen) atoms. The zero-order chi connectivity index (χ0) is 16.3. The topological polar surface area (TPSA) is 55.8 Å². The molecule has 1 aliphatic rings. The van der Waals surface area contributed by atoms with Gasteiger partial charge in [-0.25, -0.2) is 4.79 Å². The first-order chi connectivity index (χ1) is 10.3. The van der Waals surface area contributed by atoms with E-state index in [1.54, 1.807) is 20.9 Å². The first-order valence-electron chi connectivity index (χ1n) is 7.84. The second kappa shape index (κ2) is 6.57. The quantitative estimate of drug-likeness (QED) is 0.873. The first-order valence-corrected chi connectivity index (χ1v) is 7.84. The van der Waals surface area contributed by atoms with Crippen molar-refractivity contribution in [3.63, 3.8) is 0 Å². The number of rotatable bonds is 5. The van der Waals surface area contributed by atoms with Crippen molar-refractivity contribution >= 4 is 11.7 Å². The lowest BCUT2D eigenvalue weighted by Crippen LogP contribution is -2.48. The molecule has 1 aromatic carbocycles. The highest BCUT2D eigenvalue weighted by molar-refractivity contribution is 5.74. The van der Waals surface area contributed by atoms with Crippen LogP contribution in [0.2, 0.25) is 0 Å². The van der Waals surface area contributed by atoms with E-state index in [-0.39, 0.29) is 12.1 Å². The molecule has 1 aromatic rings. The molecule has 5 nitrogen and oxygen atoms in total. The van der Waals surface area contributed by atoms with Gasteiger partial charge in [0.2, 0.25) is 0 Å². The Morgan fingerprint density at radius 2 is 2.14 bits per heavy atom. The van der Waals surface area contributed by atoms with Gasteiger partial charge in [-0.2, -0.15) is 0 Å². The van der Waals surface area contributed by atoms with E-state index in [1.165, 1.54) is 16.2 Å². The molecular weight excluding hydrogens is 278 g/mol. The van der Waals surface area contributed by atoms with Crippen LogP contribution in [-0.2, 0) is 6.42 Å². The molecule has 0 bridgehead atoms. The lowest BCUT2D eigenvalue weighted by molar-refractivity contribution is 0.0532. The summed E-state index contributed by atoms with van der Waals surface area (Å²) in [6.45, 7) is 7.40. The van der Waals surface area contributed by atoms with E-state index in [0.29, 0.717) is 13.1 Å². The number of para-hydroxylation sites is 1. The summed E-state index contributed by atoms with van der Waals surface area (Å²) >= 11 is 0. The number of carbonyl (C=O) groups is 1. The van der Waals surface area contributed by atoms with Crippen molar-refractivity contribution in [2.24, 2.45) is 0 Å². The molecule has 0 spiro atoms. The number of fused-ring (bicyclic) bond motifs is 1. The first kappa shape index (κ1) is 16.6. The number of benzene rings is 1. The molecule has 0 fully saturated rings. The smallest absolute Gasteiger partial charge is 0.317 e. The van der Waals surface area contributed by atoms with Crippen LogP contribution in [0.1, 0.15) is 26.3 Å². The van der Waals surface area contributed by atoms with Crippen LogP contribution in [0.4, 0.5) is 10.5 Å². The number of hydrogen-bond donors (Lipinski definition) is 2. The lowest BCUT2D eigenvalue weighted by atomic mass is 10.1. The third kappa shape index (κ3) is 4.13. The van der Waals surface area contributed by atoms with E-state index >= 15 is 0 Å². The van der Waals surface area contributed by atoms with E-state index in [0.717, 1.165) is 13.0 Å². The number of amides is 2. The summed E-state index contributed by atoms with van der Waals surface area (Å²) in [7, 11) is 1.70. The summed E-state index contributed by atoms with van der Waals surface area (Å²) in [5.74, 6) is 0. The van der Waals surface area contributed by atoms with Gasteiger partial charge in [0.25, 0.3) is 0 Å². The van der Waals surface area contributed by atoms with E-state index in [1.807, 2.05) is 0 Å². The number of urea groups is 1. The highest BCUT2D eigenvalue weighted by Crippen LogP contribution is 2.28. The summed E-state index contributed by atoms with van der Waals surface area (Å²) in [5, 5.41) is 12.7. The minimum Gasteiger partial charge on any atom is -0.389 e. The highest BCUT2D eigenvalue weighted by Gasteiger charge is 2.24. The Bertz CT molecular complexity index is 525. The van der Waals surface area contributed by atoms with E-state index in [9.17, 15) is 9.90 Å². The molecule has 1 unspecified atom stereocenters. The summed E-state index contributed by atoms with van der Waals surface area (Å²) in [4.78, 5) is 15.9. The molecule has 0 radical (unpaired) electrons. The zero-order valence-electron chi connectivity index (χ0n) is 14.0. The van der Waals surface area contributed by atoms with Crippen LogP contribution in [0.25, 0.3) is 0 Å². The molecule has 122 valence electrons. The second-order valence-electron chi connectivity index (χ2n) is 6.78. The van der Waals surface area contributed by atoms with Gasteiger partial charge in [-0.05, 0) is 38.8 Å². The standard InChI is InChI=1S/C17H27N3O2/c1-13(11-18-16(21)19(4)12-17(2,3)22)20-10-9-14-7-5-6-8-15(14)20/h5-8,13,22H,9-12H2,1-4H3,(H,18,21). The van der Waals surface area contributed by atoms with Crippen LogP contribution in [0, 0.1) is 0 Å². The molecule has 0 saturated heterocycles. The van der Waals surface area contributed by atoms with Crippen molar-refractivity contribution in [3.8, 4) is 0 Å². The highest BCUT2D eigenvalue weighted by atomic mass is 16.3. The third-order valence-electron chi connectivity index (χ3n) is 3.97. The average Bonchev–Trinajstić information content (AvgIpc) is 2.86. The van der Waals surface area contributed by atoms with Crippen LogP contribution >= 0.6 is 0 Å². The fraction of sp³-hybridized carbons (Fsp3) is 0.588. The van der Waals surface area contributed by atoms with Gasteiger partial charge >= 0.3 is 6.03 Å². The predicted molar refractivity (Wildman–Crippen MR) is 89.3 cm³/mol. The Morgan fingerprint density at radius 1 is 1.45 bits per heavy atom. The molecular formula is C17H27N3O2. The van der Waals surface area contributed by atoms with Gasteiger partial charge in [0, 0.05) is 31.9 Å². The molecule has 5 heteroatoms. The Balaban J connectivity index is 1.86. The Labute approximate surface area is 132 Å². The van der Waals surface area contributed by atoms with Gasteiger partial charge in [-0.1, -0.05) is 18.2 Å². The van der Waals surface area contributed by atoms with Crippen LogP contribution in [0.15, 0.2) is 24.3 Å². The van der Waals surface area contributed by atoms with Gasteiger partial charge in [0.15, 0.2) is 0 Å². The van der Waals surface area contributed by atoms with Crippen LogP contribution in [0.3, 0.4) is 0 Å². The number of likely N-dealkylation sites (N-methyl/N-ethyl adjacent to an activating group) is 1. The minimum atomic E-state index is -0.883. The largest absolute Gasteiger partial charge is 0.389 e. The van der Waals surface area contributed by atoms with Crippen molar-refractivity contribution < 1.29 is 9.90 Å². The number of nitrogens with zero attached hydrogens (tertiary/aromatic N) is 2. The van der Waals surface area contributed by atoms with Gasteiger partial charge in [-0.15, -0.1) is 0 Å². The summed E-state index contributed by atoms with van der Waals surface area (Å²) < 4.78 is 0. The fourth-order valence-corrected chi connectivity index (χ4v) is 2.95. The maximum Gasteiger partial charge on any atom is 0.317 e. The number of hydrogen-bond acceptors (Lipinski definition) is 3. The number of nitrogens with one attached hydrogen (secondary N) is 1. The number of aliphatic hydroxyl groups is 1. The van der Waals surface area contributed by atoms with Crippen molar-refractivity contribution in [1.29, 1.82) is 0 Å². The second-order valence-corrected chi connectivity index (χ2v) is 6.78. The summed E-state index contributed by atoms with van der Waals surface area (Å²) in [6.07, 6.45) is 1.06. The maximum atomic E-state index is 12.1. The fourth-order valence-electron chi connectivity index (χ4n) is 2.95. The van der Waals surface area contributed by atoms with Gasteiger partial charge in [-0.3, -0.25) is 0 Å². The van der Waals surface area contributed by atoms with Crippen LogP contribution < -0.4 is 10.2 Å². The van der Waals surface area contributed by atoms with Crippen LogP contribution in [-0.4, -0.2) is 54.4 Å². The number of carbonyl (C=O) groups excluding carboxylic acids is 1. The van der Waals surface area contributed by atoms with Gasteiger partial charge < -0.3 is 20.2 Å². The SMILES string of the molecule is CC(CNC(=O)N(C)CC(C)(C)O)N1CCc2ccccc21. The van der Waals surface area contributed by atoms with E-state index in [2.05, 4.69) is 41.4 Å². The molecule has 2 N–H and O–H groups in total. The van der Waals surface area contributed by atoms with Crippen molar-refractivity contribution in [2.75, 3.05) is 31.6 Å². The molecule has 1 aliphatic heterocycles. The Kier molecular flexibility index (Phi) is 4.96.